The molecule has 0 amide bonds. The van der Waals surface area contributed by atoms with Crippen LogP contribution in [0.4, 0.5) is 0 Å². The predicted octanol–water partition coefficient (Wildman–Crippen LogP) is 0.829. The van der Waals surface area contributed by atoms with Crippen molar-refractivity contribution in [2.45, 2.75) is 45.8 Å². The Morgan fingerprint density at radius 1 is 1.50 bits per heavy atom. The highest BCUT2D eigenvalue weighted by Gasteiger charge is 2.32. The van der Waals surface area contributed by atoms with Gasteiger partial charge < -0.3 is 25.0 Å². The third-order valence-electron chi connectivity index (χ3n) is 3.34. The van der Waals surface area contributed by atoms with Gasteiger partial charge in [-0.2, -0.15) is 0 Å². The Morgan fingerprint density at radius 2 is 2.25 bits per heavy atom. The molecule has 1 atom stereocenters. The highest BCUT2D eigenvalue weighted by molar-refractivity contribution is 5.40. The van der Waals surface area contributed by atoms with Crippen molar-refractivity contribution in [3.63, 3.8) is 0 Å². The van der Waals surface area contributed by atoms with Crippen molar-refractivity contribution >= 4 is 0 Å². The SMILES string of the molecule is Cc1ncc(CO)c(CNCC2COC(C)(C)O2)c1O. The van der Waals surface area contributed by atoms with Gasteiger partial charge in [0.15, 0.2) is 5.79 Å². The molecule has 0 radical (unpaired) electrons. The fourth-order valence-electron chi connectivity index (χ4n) is 2.24. The minimum atomic E-state index is -0.530. The number of ether oxygens (including phenoxy) is 2. The molecule has 1 aliphatic rings. The molecular weight excluding hydrogens is 260 g/mol. The third kappa shape index (κ3) is 3.46. The number of pyridine rings is 1. The Hall–Kier alpha value is -1.21. The second-order valence-electron chi connectivity index (χ2n) is 5.44. The number of aryl methyl sites for hydroxylation is 1. The molecular formula is C14H22N2O4. The van der Waals surface area contributed by atoms with Gasteiger partial charge in [0.05, 0.1) is 25.0 Å². The van der Waals surface area contributed by atoms with Crippen molar-refractivity contribution in [1.29, 1.82) is 0 Å². The molecule has 20 heavy (non-hydrogen) atoms. The first-order chi connectivity index (χ1) is 9.43. The molecule has 1 aromatic heterocycles. The van der Waals surface area contributed by atoms with E-state index in [2.05, 4.69) is 10.3 Å². The number of aliphatic hydroxyl groups is 1. The molecule has 1 aromatic rings. The lowest BCUT2D eigenvalue weighted by atomic mass is 10.1. The van der Waals surface area contributed by atoms with Crippen LogP contribution in [0, 0.1) is 6.92 Å². The summed E-state index contributed by atoms with van der Waals surface area (Å²) in [6.45, 7) is 6.98. The summed E-state index contributed by atoms with van der Waals surface area (Å²) >= 11 is 0. The number of nitrogens with one attached hydrogen (secondary N) is 1. The Labute approximate surface area is 118 Å². The average Bonchev–Trinajstić information content (AvgIpc) is 2.74. The minimum Gasteiger partial charge on any atom is -0.506 e. The lowest BCUT2D eigenvalue weighted by Crippen LogP contribution is -2.30. The molecule has 6 nitrogen and oxygen atoms in total. The Morgan fingerprint density at radius 3 is 2.85 bits per heavy atom. The fraction of sp³-hybridized carbons (Fsp3) is 0.643. The standard InChI is InChI=1S/C14H22N2O4/c1-9-13(18)12(10(7-17)4-16-9)6-15-5-11-8-19-14(2,3)20-11/h4,11,15,17-18H,5-8H2,1-3H3. The second kappa shape index (κ2) is 6.05. The second-order valence-corrected chi connectivity index (χ2v) is 5.44. The van der Waals surface area contributed by atoms with Crippen LogP contribution >= 0.6 is 0 Å². The summed E-state index contributed by atoms with van der Waals surface area (Å²) in [6, 6.07) is 0. The maximum absolute atomic E-state index is 10.0. The number of rotatable bonds is 5. The first-order valence-corrected chi connectivity index (χ1v) is 6.72. The van der Waals surface area contributed by atoms with Crippen molar-refractivity contribution in [1.82, 2.24) is 10.3 Å². The molecule has 2 heterocycles. The summed E-state index contributed by atoms with van der Waals surface area (Å²) in [5.74, 6) is -0.397. The number of aromatic hydroxyl groups is 1. The number of hydrogen-bond acceptors (Lipinski definition) is 6. The quantitative estimate of drug-likeness (QED) is 0.742. The normalized spacial score (nSPS) is 21.3. The van der Waals surface area contributed by atoms with Crippen molar-refractivity contribution in [2.24, 2.45) is 0 Å². The van der Waals surface area contributed by atoms with Crippen LogP contribution in [0.3, 0.4) is 0 Å². The lowest BCUT2D eigenvalue weighted by molar-refractivity contribution is -0.137. The highest BCUT2D eigenvalue weighted by Crippen LogP contribution is 2.24. The van der Waals surface area contributed by atoms with E-state index in [1.807, 2.05) is 13.8 Å². The number of aliphatic hydroxyl groups excluding tert-OH is 1. The van der Waals surface area contributed by atoms with E-state index in [-0.39, 0.29) is 18.5 Å². The van der Waals surface area contributed by atoms with Gasteiger partial charge in [0.2, 0.25) is 0 Å². The van der Waals surface area contributed by atoms with Crippen molar-refractivity contribution in [2.75, 3.05) is 13.2 Å². The Balaban J connectivity index is 1.93. The number of aromatic nitrogens is 1. The van der Waals surface area contributed by atoms with Crippen LogP contribution in [0.25, 0.3) is 0 Å². The van der Waals surface area contributed by atoms with Crippen LogP contribution in [0.2, 0.25) is 0 Å². The molecule has 0 aromatic carbocycles. The van der Waals surface area contributed by atoms with Crippen LogP contribution < -0.4 is 5.32 Å². The summed E-state index contributed by atoms with van der Waals surface area (Å²) < 4.78 is 11.2. The smallest absolute Gasteiger partial charge is 0.163 e. The van der Waals surface area contributed by atoms with E-state index in [0.717, 1.165) is 0 Å². The van der Waals surface area contributed by atoms with E-state index in [1.54, 1.807) is 13.1 Å². The van der Waals surface area contributed by atoms with Crippen molar-refractivity contribution in [3.8, 4) is 5.75 Å². The van der Waals surface area contributed by atoms with Crippen LogP contribution in [0.15, 0.2) is 6.20 Å². The van der Waals surface area contributed by atoms with Crippen LogP contribution in [-0.2, 0) is 22.6 Å². The molecule has 0 spiro atoms. The molecule has 0 bridgehead atoms. The number of hydrogen-bond donors (Lipinski definition) is 3. The van der Waals surface area contributed by atoms with Gasteiger partial charge >= 0.3 is 0 Å². The highest BCUT2D eigenvalue weighted by atomic mass is 16.7. The molecule has 3 N–H and O–H groups in total. The number of nitrogens with zero attached hydrogens (tertiary/aromatic N) is 1. The predicted molar refractivity (Wildman–Crippen MR) is 73.2 cm³/mol. The fourth-order valence-corrected chi connectivity index (χ4v) is 2.24. The molecule has 2 rings (SSSR count). The Kier molecular flexibility index (Phi) is 4.59. The minimum absolute atomic E-state index is 0.00680. The monoisotopic (exact) mass is 282 g/mol. The zero-order chi connectivity index (χ0) is 14.8. The summed E-state index contributed by atoms with van der Waals surface area (Å²) in [4.78, 5) is 4.03. The average molecular weight is 282 g/mol. The van der Waals surface area contributed by atoms with Crippen LogP contribution in [0.1, 0.15) is 30.7 Å². The van der Waals surface area contributed by atoms with Crippen LogP contribution in [-0.4, -0.2) is 40.2 Å². The van der Waals surface area contributed by atoms with Gasteiger partial charge in [-0.1, -0.05) is 0 Å². The van der Waals surface area contributed by atoms with E-state index < -0.39 is 5.79 Å². The maximum atomic E-state index is 10.0. The van der Waals surface area contributed by atoms with Gasteiger partial charge in [-0.25, -0.2) is 0 Å². The van der Waals surface area contributed by atoms with Gasteiger partial charge in [0, 0.05) is 30.4 Å². The van der Waals surface area contributed by atoms with Gasteiger partial charge in [-0.15, -0.1) is 0 Å². The van der Waals surface area contributed by atoms with Crippen LogP contribution in [0.5, 0.6) is 5.75 Å². The van der Waals surface area contributed by atoms with Crippen molar-refractivity contribution in [3.05, 3.63) is 23.0 Å². The molecule has 0 saturated carbocycles. The summed E-state index contributed by atoms with van der Waals surface area (Å²) in [5, 5.41) is 22.5. The summed E-state index contributed by atoms with van der Waals surface area (Å²) in [5.41, 5.74) is 1.86. The topological polar surface area (TPSA) is 83.8 Å². The Bertz CT molecular complexity index is 476. The summed E-state index contributed by atoms with van der Waals surface area (Å²) in [7, 11) is 0. The lowest BCUT2D eigenvalue weighted by Gasteiger charge is -2.18. The maximum Gasteiger partial charge on any atom is 0.163 e. The first kappa shape index (κ1) is 15.2. The van der Waals surface area contributed by atoms with E-state index in [9.17, 15) is 10.2 Å². The zero-order valence-electron chi connectivity index (χ0n) is 12.1. The van der Waals surface area contributed by atoms with Gasteiger partial charge in [-0.05, 0) is 20.8 Å². The van der Waals surface area contributed by atoms with E-state index in [0.29, 0.717) is 36.5 Å². The molecule has 1 aliphatic heterocycles. The van der Waals surface area contributed by atoms with Gasteiger partial charge in [0.1, 0.15) is 5.75 Å². The van der Waals surface area contributed by atoms with E-state index in [1.165, 1.54) is 0 Å². The molecule has 1 unspecified atom stereocenters. The largest absolute Gasteiger partial charge is 0.506 e. The molecule has 0 aliphatic carbocycles. The van der Waals surface area contributed by atoms with E-state index in [4.69, 9.17) is 9.47 Å². The van der Waals surface area contributed by atoms with E-state index >= 15 is 0 Å². The summed E-state index contributed by atoms with van der Waals surface area (Å²) in [6.07, 6.45) is 1.58. The molecule has 1 fully saturated rings. The first-order valence-electron chi connectivity index (χ1n) is 6.72. The van der Waals surface area contributed by atoms with Crippen molar-refractivity contribution < 1.29 is 19.7 Å². The third-order valence-corrected chi connectivity index (χ3v) is 3.34. The molecule has 112 valence electrons. The molecule has 1 saturated heterocycles. The zero-order valence-corrected chi connectivity index (χ0v) is 12.1. The van der Waals surface area contributed by atoms with Gasteiger partial charge in [-0.3, -0.25) is 4.98 Å². The van der Waals surface area contributed by atoms with Gasteiger partial charge in [0.25, 0.3) is 0 Å². The molecule has 6 heteroatoms.